The van der Waals surface area contributed by atoms with E-state index in [9.17, 15) is 9.59 Å². The van der Waals surface area contributed by atoms with Crippen LogP contribution in [-0.2, 0) is 5.75 Å². The summed E-state index contributed by atoms with van der Waals surface area (Å²) in [7, 11) is 1.58. The highest BCUT2D eigenvalue weighted by Crippen LogP contribution is 2.32. The highest BCUT2D eigenvalue weighted by molar-refractivity contribution is 8.00. The summed E-state index contributed by atoms with van der Waals surface area (Å²) in [5, 5.41) is 2.92. The lowest BCUT2D eigenvalue weighted by atomic mass is 10.2. The predicted octanol–water partition coefficient (Wildman–Crippen LogP) is 4.76. The van der Waals surface area contributed by atoms with Gasteiger partial charge in [0.25, 0.3) is 11.5 Å². The van der Waals surface area contributed by atoms with Crippen LogP contribution in [0.25, 0.3) is 15.9 Å². The number of aromatic nitrogens is 3. The first kappa shape index (κ1) is 21.2. The first-order valence-electron chi connectivity index (χ1n) is 9.97. The molecule has 0 saturated heterocycles. The molecule has 0 unspecified atom stereocenters. The van der Waals surface area contributed by atoms with Crippen LogP contribution in [0, 0.1) is 6.92 Å². The Kier molecular flexibility index (Phi) is 5.61. The van der Waals surface area contributed by atoms with Crippen molar-refractivity contribution in [1.82, 2.24) is 14.5 Å². The van der Waals surface area contributed by atoms with Gasteiger partial charge in [0, 0.05) is 29.1 Å². The fourth-order valence-corrected chi connectivity index (χ4v) is 5.27. The highest BCUT2D eigenvalue weighted by Gasteiger charge is 2.11. The van der Waals surface area contributed by atoms with Gasteiger partial charge < -0.3 is 14.6 Å². The Hall–Kier alpha value is -3.63. The third-order valence-corrected chi connectivity index (χ3v) is 7.04. The van der Waals surface area contributed by atoms with Crippen molar-refractivity contribution in [1.29, 1.82) is 0 Å². The van der Waals surface area contributed by atoms with E-state index < -0.39 is 0 Å². The fraction of sp³-hybridized carbons (Fsp3) is 0.130. The normalized spacial score (nSPS) is 11.2. The van der Waals surface area contributed by atoms with E-state index in [0.717, 1.165) is 14.6 Å². The maximum absolute atomic E-state index is 12.5. The minimum absolute atomic E-state index is 0.196. The second-order valence-electron chi connectivity index (χ2n) is 7.22. The van der Waals surface area contributed by atoms with Crippen LogP contribution in [0.1, 0.15) is 21.8 Å². The van der Waals surface area contributed by atoms with Gasteiger partial charge in [-0.1, -0.05) is 11.8 Å². The van der Waals surface area contributed by atoms with Gasteiger partial charge in [-0.25, -0.2) is 9.97 Å². The van der Waals surface area contributed by atoms with Crippen molar-refractivity contribution in [3.63, 3.8) is 0 Å². The number of nitrogens with zero attached hydrogens (tertiary/aromatic N) is 3. The van der Waals surface area contributed by atoms with Crippen LogP contribution in [0.2, 0.25) is 0 Å². The number of benzene rings is 2. The minimum Gasteiger partial charge on any atom is -0.497 e. The van der Waals surface area contributed by atoms with E-state index in [4.69, 9.17) is 9.26 Å². The number of anilines is 1. The minimum atomic E-state index is -0.245. The summed E-state index contributed by atoms with van der Waals surface area (Å²) in [4.78, 5) is 33.8. The number of rotatable bonds is 6. The van der Waals surface area contributed by atoms with Gasteiger partial charge in [-0.15, -0.1) is 15.9 Å². The van der Waals surface area contributed by atoms with E-state index in [1.165, 1.54) is 33.7 Å². The van der Waals surface area contributed by atoms with E-state index in [-0.39, 0.29) is 11.5 Å². The molecular weight excluding hydrogens is 460 g/mol. The lowest BCUT2D eigenvalue weighted by Gasteiger charge is -2.06. The van der Waals surface area contributed by atoms with Crippen LogP contribution < -0.4 is 15.6 Å². The second kappa shape index (κ2) is 8.72. The van der Waals surface area contributed by atoms with Crippen molar-refractivity contribution in [3.05, 3.63) is 82.0 Å². The van der Waals surface area contributed by atoms with E-state index in [1.54, 1.807) is 44.4 Å². The van der Waals surface area contributed by atoms with Crippen LogP contribution in [0.15, 0.2) is 68.3 Å². The number of methoxy groups -OCH3 is 1. The molecule has 0 saturated carbocycles. The lowest BCUT2D eigenvalue weighted by Crippen LogP contribution is -2.12. The molecule has 33 heavy (non-hydrogen) atoms. The number of aryl methyl sites for hydroxylation is 1. The van der Waals surface area contributed by atoms with Crippen molar-refractivity contribution < 1.29 is 14.1 Å². The van der Waals surface area contributed by atoms with Gasteiger partial charge in [0.2, 0.25) is 0 Å². The van der Waals surface area contributed by atoms with Gasteiger partial charge in [0.1, 0.15) is 11.5 Å². The van der Waals surface area contributed by atoms with Crippen LogP contribution in [0.4, 0.5) is 5.69 Å². The van der Waals surface area contributed by atoms with Crippen molar-refractivity contribution in [3.8, 4) is 5.75 Å². The van der Waals surface area contributed by atoms with E-state index in [2.05, 4.69) is 15.3 Å². The zero-order valence-electron chi connectivity index (χ0n) is 17.7. The number of hydrogen-bond acceptors (Lipinski definition) is 8. The molecular formula is C23H18N4O4S2. The van der Waals surface area contributed by atoms with Gasteiger partial charge in [-0.2, -0.15) is 0 Å². The van der Waals surface area contributed by atoms with E-state index >= 15 is 0 Å². The maximum atomic E-state index is 12.5. The third kappa shape index (κ3) is 4.48. The smallest absolute Gasteiger partial charge is 0.287 e. The molecule has 1 N–H and O–H groups in total. The first-order chi connectivity index (χ1) is 16.0. The molecule has 0 aliphatic carbocycles. The van der Waals surface area contributed by atoms with Crippen molar-refractivity contribution >= 4 is 50.6 Å². The standard InChI is InChI=1S/C23H18N4O4S2/c1-13-9-20-24-16(11-21(28)27(20)31-13)12-32-23-26-18-8-5-15(10-19(18)33-23)25-22(29)14-3-6-17(30-2)7-4-14/h3-11H,12H2,1-2H3,(H,25,29). The summed E-state index contributed by atoms with van der Waals surface area (Å²) < 4.78 is 13.4. The Balaban J connectivity index is 1.29. The van der Waals surface area contributed by atoms with Gasteiger partial charge in [-0.05, 0) is 49.4 Å². The number of thiazole rings is 1. The number of carbonyl (C=O) groups excluding carboxylic acids is 1. The Morgan fingerprint density at radius 1 is 1.15 bits per heavy atom. The van der Waals surface area contributed by atoms with Crippen LogP contribution in [0.3, 0.4) is 0 Å². The van der Waals surface area contributed by atoms with Gasteiger partial charge >= 0.3 is 0 Å². The lowest BCUT2D eigenvalue weighted by molar-refractivity contribution is 0.102. The third-order valence-electron chi connectivity index (χ3n) is 4.85. The number of carbonyl (C=O) groups is 1. The summed E-state index contributed by atoms with van der Waals surface area (Å²) in [5.41, 5.74) is 3.00. The number of fused-ring (bicyclic) bond motifs is 2. The van der Waals surface area contributed by atoms with Crippen LogP contribution >= 0.6 is 23.1 Å². The SMILES string of the molecule is COc1ccc(C(=O)Nc2ccc3nc(SCc4cc(=O)n5oc(C)cc5n4)sc3c2)cc1. The number of ether oxygens (including phenoxy) is 1. The quantitative estimate of drug-likeness (QED) is 0.351. The monoisotopic (exact) mass is 478 g/mol. The molecule has 0 fully saturated rings. The average molecular weight is 479 g/mol. The zero-order chi connectivity index (χ0) is 22.9. The summed E-state index contributed by atoms with van der Waals surface area (Å²) in [5.74, 6) is 1.64. The zero-order valence-corrected chi connectivity index (χ0v) is 19.3. The number of amides is 1. The fourth-order valence-electron chi connectivity index (χ4n) is 3.27. The molecule has 166 valence electrons. The average Bonchev–Trinajstić information content (AvgIpc) is 3.40. The van der Waals surface area contributed by atoms with Crippen LogP contribution in [0.5, 0.6) is 5.75 Å². The largest absolute Gasteiger partial charge is 0.497 e. The molecule has 0 atom stereocenters. The molecule has 0 spiro atoms. The molecule has 2 aromatic carbocycles. The first-order valence-corrected chi connectivity index (χ1v) is 11.8. The van der Waals surface area contributed by atoms with Crippen LogP contribution in [-0.4, -0.2) is 27.6 Å². The summed E-state index contributed by atoms with van der Waals surface area (Å²) in [6.07, 6.45) is 0. The Labute approximate surface area is 196 Å². The van der Waals surface area contributed by atoms with Gasteiger partial charge in [0.15, 0.2) is 9.99 Å². The van der Waals surface area contributed by atoms with Crippen molar-refractivity contribution in [2.45, 2.75) is 17.0 Å². The number of hydrogen-bond donors (Lipinski definition) is 1. The molecule has 0 aliphatic rings. The predicted molar refractivity (Wildman–Crippen MR) is 129 cm³/mol. The summed E-state index contributed by atoms with van der Waals surface area (Å²) in [6, 6.07) is 15.8. The molecule has 1 amide bonds. The molecule has 10 heteroatoms. The molecule has 5 aromatic rings. The number of nitrogens with one attached hydrogen (secondary N) is 1. The molecule has 0 aliphatic heterocycles. The topological polar surface area (TPSA) is 98.7 Å². The Bertz CT molecular complexity index is 1540. The highest BCUT2D eigenvalue weighted by atomic mass is 32.2. The molecule has 3 aromatic heterocycles. The summed E-state index contributed by atoms with van der Waals surface area (Å²) in [6.45, 7) is 1.78. The van der Waals surface area contributed by atoms with E-state index in [0.29, 0.717) is 39.9 Å². The molecule has 0 radical (unpaired) electrons. The van der Waals surface area contributed by atoms with Gasteiger partial charge in [0.05, 0.1) is 23.0 Å². The van der Waals surface area contributed by atoms with Crippen molar-refractivity contribution in [2.75, 3.05) is 12.4 Å². The molecule has 8 nitrogen and oxygen atoms in total. The summed E-state index contributed by atoms with van der Waals surface area (Å²) >= 11 is 3.04. The Morgan fingerprint density at radius 3 is 2.76 bits per heavy atom. The van der Waals surface area contributed by atoms with Crippen molar-refractivity contribution in [2.24, 2.45) is 0 Å². The number of thioether (sulfide) groups is 1. The molecule has 5 rings (SSSR count). The van der Waals surface area contributed by atoms with E-state index in [1.807, 2.05) is 18.2 Å². The van der Waals surface area contributed by atoms with Gasteiger partial charge in [-0.3, -0.25) is 9.59 Å². The molecule has 0 bridgehead atoms. The maximum Gasteiger partial charge on any atom is 0.287 e. The molecule has 3 heterocycles. The Morgan fingerprint density at radius 2 is 1.97 bits per heavy atom. The second-order valence-corrected chi connectivity index (χ2v) is 9.47.